The molecule has 0 aromatic carbocycles. The number of halogens is 1. The molecule has 90 valence electrons. The van der Waals surface area contributed by atoms with Crippen LogP contribution in [0.5, 0.6) is 0 Å². The largest absolute Gasteiger partial charge is 0.476 e. The maximum atomic E-state index is 13.5. The SMILES string of the molecule is CC(C)c1cc2cc(F)c(C(=O)O)nc2n1C. The van der Waals surface area contributed by atoms with Crippen molar-refractivity contribution in [2.24, 2.45) is 7.05 Å². The van der Waals surface area contributed by atoms with E-state index in [1.165, 1.54) is 6.07 Å². The molecule has 1 N–H and O–H groups in total. The first-order valence-electron chi connectivity index (χ1n) is 5.31. The van der Waals surface area contributed by atoms with Crippen molar-refractivity contribution in [2.75, 3.05) is 0 Å². The zero-order valence-corrected chi connectivity index (χ0v) is 9.86. The predicted molar refractivity (Wildman–Crippen MR) is 61.7 cm³/mol. The molecule has 0 saturated carbocycles. The van der Waals surface area contributed by atoms with Crippen LogP contribution in [0.15, 0.2) is 12.1 Å². The number of aryl methyl sites for hydroxylation is 1. The van der Waals surface area contributed by atoms with E-state index >= 15 is 0 Å². The average Bonchev–Trinajstić information content (AvgIpc) is 2.54. The number of carboxylic acids is 1. The summed E-state index contributed by atoms with van der Waals surface area (Å²) in [5, 5.41) is 9.44. The summed E-state index contributed by atoms with van der Waals surface area (Å²) in [4.78, 5) is 14.7. The van der Waals surface area contributed by atoms with Crippen LogP contribution in [-0.4, -0.2) is 20.6 Å². The zero-order chi connectivity index (χ0) is 12.7. The van der Waals surface area contributed by atoms with Crippen molar-refractivity contribution >= 4 is 17.0 Å². The molecule has 0 aliphatic carbocycles. The fraction of sp³-hybridized carbons (Fsp3) is 0.333. The zero-order valence-electron chi connectivity index (χ0n) is 9.86. The summed E-state index contributed by atoms with van der Waals surface area (Å²) in [6, 6.07) is 3.05. The summed E-state index contributed by atoms with van der Waals surface area (Å²) in [5.74, 6) is -1.88. The number of rotatable bonds is 2. The minimum absolute atomic E-state index is 0.269. The highest BCUT2D eigenvalue weighted by molar-refractivity contribution is 5.89. The van der Waals surface area contributed by atoms with Crippen molar-refractivity contribution in [1.82, 2.24) is 9.55 Å². The van der Waals surface area contributed by atoms with Crippen molar-refractivity contribution in [1.29, 1.82) is 0 Å². The van der Waals surface area contributed by atoms with Gasteiger partial charge in [0.15, 0.2) is 11.5 Å². The summed E-state index contributed by atoms with van der Waals surface area (Å²) in [6.07, 6.45) is 0. The van der Waals surface area contributed by atoms with Crippen molar-refractivity contribution in [2.45, 2.75) is 19.8 Å². The fourth-order valence-corrected chi connectivity index (χ4v) is 1.95. The Hall–Kier alpha value is -1.91. The standard InChI is InChI=1S/C12H13FN2O2/c1-6(2)9-5-7-4-8(13)10(12(16)17)14-11(7)15(9)3/h4-6H,1-3H3,(H,16,17). The third-order valence-electron chi connectivity index (χ3n) is 2.79. The Bertz CT molecular complexity index is 602. The Balaban J connectivity index is 2.76. The molecule has 2 aromatic rings. The normalized spacial score (nSPS) is 11.4. The Morgan fingerprint density at radius 2 is 2.12 bits per heavy atom. The monoisotopic (exact) mass is 236 g/mol. The van der Waals surface area contributed by atoms with Crippen molar-refractivity contribution in [3.8, 4) is 0 Å². The Labute approximate surface area is 97.7 Å². The summed E-state index contributed by atoms with van der Waals surface area (Å²) in [5.41, 5.74) is 0.955. The van der Waals surface area contributed by atoms with Crippen LogP contribution >= 0.6 is 0 Å². The van der Waals surface area contributed by atoms with Gasteiger partial charge < -0.3 is 9.67 Å². The minimum atomic E-state index is -1.35. The minimum Gasteiger partial charge on any atom is -0.476 e. The predicted octanol–water partition coefficient (Wildman–Crippen LogP) is 2.53. The first-order valence-corrected chi connectivity index (χ1v) is 5.31. The molecule has 0 saturated heterocycles. The van der Waals surface area contributed by atoms with E-state index in [9.17, 15) is 9.18 Å². The number of fused-ring (bicyclic) bond motifs is 1. The molecule has 2 rings (SSSR count). The van der Waals surface area contributed by atoms with Crippen LogP contribution in [0.3, 0.4) is 0 Å². The first-order chi connectivity index (χ1) is 7.91. The van der Waals surface area contributed by atoms with Crippen LogP contribution < -0.4 is 0 Å². The van der Waals surface area contributed by atoms with Gasteiger partial charge in [0.2, 0.25) is 0 Å². The highest BCUT2D eigenvalue weighted by atomic mass is 19.1. The van der Waals surface area contributed by atoms with E-state index in [-0.39, 0.29) is 5.92 Å². The Morgan fingerprint density at radius 3 is 2.65 bits per heavy atom. The molecule has 5 heteroatoms. The molecule has 0 bridgehead atoms. The molecule has 0 spiro atoms. The van der Waals surface area contributed by atoms with E-state index in [4.69, 9.17) is 5.11 Å². The second kappa shape index (κ2) is 3.84. The lowest BCUT2D eigenvalue weighted by molar-refractivity contribution is 0.0685. The first kappa shape index (κ1) is 11.6. The average molecular weight is 236 g/mol. The van der Waals surface area contributed by atoms with Gasteiger partial charge in [0.1, 0.15) is 5.65 Å². The summed E-state index contributed by atoms with van der Waals surface area (Å²) < 4.78 is 15.3. The molecule has 0 radical (unpaired) electrons. The van der Waals surface area contributed by atoms with Crippen LogP contribution in [-0.2, 0) is 7.05 Å². The van der Waals surface area contributed by atoms with Gasteiger partial charge in [-0.3, -0.25) is 0 Å². The second-order valence-corrected chi connectivity index (χ2v) is 4.32. The molecule has 17 heavy (non-hydrogen) atoms. The van der Waals surface area contributed by atoms with Gasteiger partial charge in [0.05, 0.1) is 0 Å². The van der Waals surface area contributed by atoms with Gasteiger partial charge in [-0.1, -0.05) is 13.8 Å². The fourth-order valence-electron chi connectivity index (χ4n) is 1.95. The molecular formula is C12H13FN2O2. The molecule has 0 unspecified atom stereocenters. The molecular weight excluding hydrogens is 223 g/mol. The van der Waals surface area contributed by atoms with Crippen LogP contribution in [0, 0.1) is 5.82 Å². The molecule has 0 fully saturated rings. The van der Waals surface area contributed by atoms with Crippen molar-refractivity contribution in [3.05, 3.63) is 29.3 Å². The lowest BCUT2D eigenvalue weighted by atomic mass is 10.1. The number of hydrogen-bond donors (Lipinski definition) is 1. The third kappa shape index (κ3) is 1.77. The van der Waals surface area contributed by atoms with E-state index in [0.717, 1.165) is 5.69 Å². The summed E-state index contributed by atoms with van der Waals surface area (Å²) in [6.45, 7) is 4.03. The van der Waals surface area contributed by atoms with E-state index in [2.05, 4.69) is 4.98 Å². The topological polar surface area (TPSA) is 55.1 Å². The van der Waals surface area contributed by atoms with E-state index in [0.29, 0.717) is 11.0 Å². The second-order valence-electron chi connectivity index (χ2n) is 4.32. The van der Waals surface area contributed by atoms with Gasteiger partial charge in [-0.25, -0.2) is 14.2 Å². The summed E-state index contributed by atoms with van der Waals surface area (Å²) >= 11 is 0. The smallest absolute Gasteiger partial charge is 0.357 e. The van der Waals surface area contributed by atoms with E-state index < -0.39 is 17.5 Å². The van der Waals surface area contributed by atoms with Gasteiger partial charge in [-0.05, 0) is 18.1 Å². The van der Waals surface area contributed by atoms with Crippen LogP contribution in [0.2, 0.25) is 0 Å². The Kier molecular flexibility index (Phi) is 2.61. The molecule has 0 aliphatic rings. The molecule has 0 amide bonds. The number of aromatic carboxylic acids is 1. The Morgan fingerprint density at radius 1 is 1.47 bits per heavy atom. The molecule has 4 nitrogen and oxygen atoms in total. The van der Waals surface area contributed by atoms with Gasteiger partial charge in [0.25, 0.3) is 0 Å². The van der Waals surface area contributed by atoms with E-state index in [1.54, 1.807) is 11.6 Å². The van der Waals surface area contributed by atoms with E-state index in [1.807, 2.05) is 19.9 Å². The third-order valence-corrected chi connectivity index (χ3v) is 2.79. The quantitative estimate of drug-likeness (QED) is 0.871. The van der Waals surface area contributed by atoms with Crippen molar-refractivity contribution < 1.29 is 14.3 Å². The number of aromatic nitrogens is 2. The van der Waals surface area contributed by atoms with Gasteiger partial charge in [0, 0.05) is 18.1 Å². The number of carbonyl (C=O) groups is 1. The van der Waals surface area contributed by atoms with Crippen LogP contribution in [0.4, 0.5) is 4.39 Å². The maximum Gasteiger partial charge on any atom is 0.357 e. The van der Waals surface area contributed by atoms with Crippen LogP contribution in [0.1, 0.15) is 35.9 Å². The number of nitrogens with zero attached hydrogens (tertiary/aromatic N) is 2. The number of hydrogen-bond acceptors (Lipinski definition) is 2. The molecule has 0 atom stereocenters. The maximum absolute atomic E-state index is 13.5. The lowest BCUT2D eigenvalue weighted by Crippen LogP contribution is -2.06. The number of carboxylic acid groups (broad SMARTS) is 1. The molecule has 0 aliphatic heterocycles. The highest BCUT2D eigenvalue weighted by Crippen LogP contribution is 2.24. The van der Waals surface area contributed by atoms with Crippen LogP contribution in [0.25, 0.3) is 11.0 Å². The highest BCUT2D eigenvalue weighted by Gasteiger charge is 2.17. The molecule has 2 heterocycles. The lowest BCUT2D eigenvalue weighted by Gasteiger charge is -2.06. The number of pyridine rings is 1. The van der Waals surface area contributed by atoms with Gasteiger partial charge >= 0.3 is 5.97 Å². The molecule has 2 aromatic heterocycles. The van der Waals surface area contributed by atoms with Crippen molar-refractivity contribution in [3.63, 3.8) is 0 Å². The van der Waals surface area contributed by atoms with Gasteiger partial charge in [-0.2, -0.15) is 0 Å². The van der Waals surface area contributed by atoms with Gasteiger partial charge in [-0.15, -0.1) is 0 Å². The summed E-state index contributed by atoms with van der Waals surface area (Å²) in [7, 11) is 1.80.